The van der Waals surface area contributed by atoms with Gasteiger partial charge in [0.2, 0.25) is 0 Å². The molecule has 0 heterocycles. The van der Waals surface area contributed by atoms with Crippen LogP contribution < -0.4 is 11.1 Å². The summed E-state index contributed by atoms with van der Waals surface area (Å²) >= 11 is 4.57. The molecule has 12 heavy (non-hydrogen) atoms. The zero-order valence-corrected chi connectivity index (χ0v) is 7.53. The molecular formula is C9H11N2S. The molecule has 0 unspecified atom stereocenters. The van der Waals surface area contributed by atoms with Gasteiger partial charge in [0, 0.05) is 6.54 Å². The second kappa shape index (κ2) is 4.72. The molecule has 2 nitrogen and oxygen atoms in total. The van der Waals surface area contributed by atoms with Crippen molar-refractivity contribution >= 4 is 17.3 Å². The minimum atomic E-state index is 0.117. The molecule has 63 valence electrons. The quantitative estimate of drug-likeness (QED) is 0.712. The van der Waals surface area contributed by atoms with Crippen molar-refractivity contribution in [2.45, 2.75) is 6.42 Å². The number of rotatable bonds is 3. The summed E-state index contributed by atoms with van der Waals surface area (Å²) in [5.74, 6) is 0. The topological polar surface area (TPSA) is 35.8 Å². The highest BCUT2D eigenvalue weighted by Gasteiger charge is 1.91. The van der Waals surface area contributed by atoms with E-state index in [4.69, 9.17) is 5.73 Å². The standard InChI is InChI=1S/C9H11N2S/c10-9(12)11-7-6-8-4-2-1-3-5-8/h1-5,10H,6-7H2,(H,11,12). The average molecular weight is 179 g/mol. The average Bonchev–Trinajstić information content (AvgIpc) is 2.05. The SMILES string of the molecule is [NH]C(=S)NCCc1ccccc1. The number of nitrogens with one attached hydrogen (secondary N) is 2. The summed E-state index contributed by atoms with van der Waals surface area (Å²) in [4.78, 5) is 0. The van der Waals surface area contributed by atoms with Crippen molar-refractivity contribution in [3.63, 3.8) is 0 Å². The van der Waals surface area contributed by atoms with E-state index in [-0.39, 0.29) is 5.11 Å². The summed E-state index contributed by atoms with van der Waals surface area (Å²) in [5, 5.41) is 2.91. The summed E-state index contributed by atoms with van der Waals surface area (Å²) in [7, 11) is 0. The Hall–Kier alpha value is -1.09. The Balaban J connectivity index is 2.29. The van der Waals surface area contributed by atoms with Gasteiger partial charge in [-0.1, -0.05) is 30.3 Å². The van der Waals surface area contributed by atoms with Crippen LogP contribution in [0.3, 0.4) is 0 Å². The van der Waals surface area contributed by atoms with Gasteiger partial charge in [-0.15, -0.1) is 0 Å². The second-order valence-corrected chi connectivity index (χ2v) is 2.90. The van der Waals surface area contributed by atoms with Crippen molar-refractivity contribution in [2.75, 3.05) is 6.54 Å². The first-order chi connectivity index (χ1) is 5.79. The monoisotopic (exact) mass is 179 g/mol. The number of benzene rings is 1. The van der Waals surface area contributed by atoms with E-state index in [1.165, 1.54) is 5.56 Å². The van der Waals surface area contributed by atoms with Crippen molar-refractivity contribution in [1.82, 2.24) is 11.1 Å². The van der Waals surface area contributed by atoms with Crippen LogP contribution in [0.2, 0.25) is 0 Å². The number of thiocarbonyl (C=S) groups is 1. The Morgan fingerprint density at radius 2 is 2.00 bits per heavy atom. The molecule has 0 fully saturated rings. The van der Waals surface area contributed by atoms with Crippen molar-refractivity contribution in [1.29, 1.82) is 0 Å². The third-order valence-electron chi connectivity index (χ3n) is 1.54. The minimum Gasteiger partial charge on any atom is -0.361 e. The largest absolute Gasteiger partial charge is 0.361 e. The van der Waals surface area contributed by atoms with E-state index in [1.54, 1.807) is 0 Å². The summed E-state index contributed by atoms with van der Waals surface area (Å²) in [6, 6.07) is 10.1. The first-order valence-corrected chi connectivity index (χ1v) is 4.23. The zero-order chi connectivity index (χ0) is 8.81. The van der Waals surface area contributed by atoms with Gasteiger partial charge in [-0.3, -0.25) is 5.73 Å². The molecule has 1 radical (unpaired) electrons. The van der Waals surface area contributed by atoms with E-state index < -0.39 is 0 Å². The molecule has 2 N–H and O–H groups in total. The van der Waals surface area contributed by atoms with Gasteiger partial charge in [0.25, 0.3) is 0 Å². The van der Waals surface area contributed by atoms with E-state index in [0.29, 0.717) is 0 Å². The summed E-state index contributed by atoms with van der Waals surface area (Å²) < 4.78 is 0. The molecule has 1 rings (SSSR count). The highest BCUT2D eigenvalue weighted by Crippen LogP contribution is 1.97. The molecule has 0 bridgehead atoms. The maximum Gasteiger partial charge on any atom is 0.185 e. The second-order valence-electron chi connectivity index (χ2n) is 2.49. The fourth-order valence-electron chi connectivity index (χ4n) is 0.965. The van der Waals surface area contributed by atoms with Crippen molar-refractivity contribution in [3.8, 4) is 0 Å². The van der Waals surface area contributed by atoms with Crippen LogP contribution in [0.15, 0.2) is 30.3 Å². The van der Waals surface area contributed by atoms with Crippen molar-refractivity contribution < 1.29 is 0 Å². The van der Waals surface area contributed by atoms with Crippen LogP contribution in [0.1, 0.15) is 5.56 Å². The van der Waals surface area contributed by atoms with Gasteiger partial charge in [0.05, 0.1) is 0 Å². The molecule has 0 saturated carbocycles. The molecule has 0 aliphatic rings. The highest BCUT2D eigenvalue weighted by atomic mass is 32.1. The Morgan fingerprint density at radius 3 is 2.58 bits per heavy atom. The van der Waals surface area contributed by atoms with Crippen LogP contribution in [0.25, 0.3) is 0 Å². The third-order valence-corrected chi connectivity index (χ3v) is 1.69. The van der Waals surface area contributed by atoms with Crippen LogP contribution in [0.5, 0.6) is 0 Å². The van der Waals surface area contributed by atoms with Crippen LogP contribution >= 0.6 is 12.2 Å². The van der Waals surface area contributed by atoms with E-state index in [0.717, 1.165) is 13.0 Å². The predicted molar refractivity (Wildman–Crippen MR) is 53.8 cm³/mol. The molecular weight excluding hydrogens is 168 g/mol. The van der Waals surface area contributed by atoms with E-state index in [1.807, 2.05) is 18.2 Å². The Kier molecular flexibility index (Phi) is 3.54. The molecule has 0 atom stereocenters. The molecule has 0 amide bonds. The maximum absolute atomic E-state index is 6.96. The van der Waals surface area contributed by atoms with Gasteiger partial charge >= 0.3 is 0 Å². The summed E-state index contributed by atoms with van der Waals surface area (Å²) in [6.45, 7) is 0.742. The van der Waals surface area contributed by atoms with Crippen LogP contribution in [0.4, 0.5) is 0 Å². The first kappa shape index (κ1) is 9.00. The molecule has 0 aromatic heterocycles. The van der Waals surface area contributed by atoms with Crippen LogP contribution in [-0.2, 0) is 6.42 Å². The Labute approximate surface area is 77.8 Å². The fraction of sp³-hybridized carbons (Fsp3) is 0.222. The Morgan fingerprint density at radius 1 is 1.33 bits per heavy atom. The maximum atomic E-state index is 6.96. The minimum absolute atomic E-state index is 0.117. The molecule has 0 aliphatic heterocycles. The van der Waals surface area contributed by atoms with E-state index in [2.05, 4.69) is 29.7 Å². The predicted octanol–water partition coefficient (Wildman–Crippen LogP) is 1.39. The van der Waals surface area contributed by atoms with Crippen LogP contribution in [-0.4, -0.2) is 11.7 Å². The van der Waals surface area contributed by atoms with E-state index >= 15 is 0 Å². The molecule has 1 aromatic rings. The third kappa shape index (κ3) is 3.34. The molecule has 0 aliphatic carbocycles. The molecule has 0 spiro atoms. The molecule has 1 aromatic carbocycles. The molecule has 0 saturated heterocycles. The summed E-state index contributed by atoms with van der Waals surface area (Å²) in [6.07, 6.45) is 0.917. The van der Waals surface area contributed by atoms with Gasteiger partial charge in [0.15, 0.2) is 5.11 Å². The lowest BCUT2D eigenvalue weighted by Crippen LogP contribution is -2.24. The smallest absolute Gasteiger partial charge is 0.185 e. The van der Waals surface area contributed by atoms with Crippen molar-refractivity contribution in [2.24, 2.45) is 0 Å². The van der Waals surface area contributed by atoms with Gasteiger partial charge in [-0.05, 0) is 24.2 Å². The summed E-state index contributed by atoms with van der Waals surface area (Å²) in [5.41, 5.74) is 8.23. The first-order valence-electron chi connectivity index (χ1n) is 3.82. The van der Waals surface area contributed by atoms with E-state index in [9.17, 15) is 0 Å². The normalized spacial score (nSPS) is 9.33. The number of hydrogen-bond acceptors (Lipinski definition) is 1. The highest BCUT2D eigenvalue weighted by molar-refractivity contribution is 7.80. The van der Waals surface area contributed by atoms with Crippen LogP contribution in [0, 0.1) is 0 Å². The lowest BCUT2D eigenvalue weighted by atomic mass is 10.1. The van der Waals surface area contributed by atoms with Gasteiger partial charge in [-0.2, -0.15) is 0 Å². The lowest BCUT2D eigenvalue weighted by molar-refractivity contribution is 0.867. The Bertz CT molecular complexity index is 246. The lowest BCUT2D eigenvalue weighted by Gasteiger charge is -2.01. The van der Waals surface area contributed by atoms with Crippen molar-refractivity contribution in [3.05, 3.63) is 35.9 Å². The fourth-order valence-corrected chi connectivity index (χ4v) is 1.07. The van der Waals surface area contributed by atoms with Gasteiger partial charge in [-0.25, -0.2) is 0 Å². The molecule has 3 heteroatoms. The zero-order valence-electron chi connectivity index (χ0n) is 6.71. The van der Waals surface area contributed by atoms with Gasteiger partial charge < -0.3 is 5.32 Å². The number of hydrogen-bond donors (Lipinski definition) is 1. The van der Waals surface area contributed by atoms with Gasteiger partial charge in [0.1, 0.15) is 0 Å².